The van der Waals surface area contributed by atoms with Crippen LogP contribution in [0.3, 0.4) is 0 Å². The predicted octanol–water partition coefficient (Wildman–Crippen LogP) is 1.85. The molecule has 150 valence electrons. The van der Waals surface area contributed by atoms with Gasteiger partial charge in [0.25, 0.3) is 0 Å². The van der Waals surface area contributed by atoms with Gasteiger partial charge in [-0.05, 0) is 37.1 Å². The Balaban J connectivity index is 2.05. The number of phenolic OH excluding ortho intramolecular Hbond substituents is 2. The number of aromatic hydroxyl groups is 2. The van der Waals surface area contributed by atoms with Crippen LogP contribution in [0.5, 0.6) is 11.5 Å². The zero-order chi connectivity index (χ0) is 20.8. The van der Waals surface area contributed by atoms with Gasteiger partial charge in [-0.2, -0.15) is 0 Å². The first-order valence-corrected chi connectivity index (χ1v) is 8.72. The average molecular weight is 388 g/mol. The van der Waals surface area contributed by atoms with E-state index in [4.69, 9.17) is 0 Å². The van der Waals surface area contributed by atoms with E-state index in [0.717, 1.165) is 5.56 Å². The zero-order valence-corrected chi connectivity index (χ0v) is 15.6. The van der Waals surface area contributed by atoms with Gasteiger partial charge in [-0.15, -0.1) is 0 Å². The first kappa shape index (κ1) is 21.2. The van der Waals surface area contributed by atoms with Crippen molar-refractivity contribution in [1.82, 2.24) is 10.6 Å². The molecule has 0 saturated heterocycles. The molecule has 8 nitrogen and oxygen atoms in total. The minimum absolute atomic E-state index is 0.124. The second kappa shape index (κ2) is 9.20. The van der Waals surface area contributed by atoms with E-state index in [2.05, 4.69) is 10.6 Å². The summed E-state index contributed by atoms with van der Waals surface area (Å²) >= 11 is 0. The van der Waals surface area contributed by atoms with Crippen molar-refractivity contribution < 1.29 is 30.0 Å². The van der Waals surface area contributed by atoms with Gasteiger partial charge in [0.2, 0.25) is 0 Å². The lowest BCUT2D eigenvalue weighted by Crippen LogP contribution is -2.37. The van der Waals surface area contributed by atoms with Crippen LogP contribution in [0.4, 0.5) is 0 Å². The van der Waals surface area contributed by atoms with Crippen molar-refractivity contribution in [3.63, 3.8) is 0 Å². The van der Waals surface area contributed by atoms with Crippen LogP contribution < -0.4 is 10.6 Å². The molecule has 0 bridgehead atoms. The smallest absolute Gasteiger partial charge is 0.325 e. The van der Waals surface area contributed by atoms with E-state index in [-0.39, 0.29) is 35.7 Å². The number of hydrogen-bond donors (Lipinski definition) is 6. The van der Waals surface area contributed by atoms with Gasteiger partial charge in [-0.3, -0.25) is 20.2 Å². The Morgan fingerprint density at radius 3 is 2.04 bits per heavy atom. The molecule has 2 atom stereocenters. The largest absolute Gasteiger partial charge is 0.508 e. The third-order valence-electron chi connectivity index (χ3n) is 4.40. The fourth-order valence-corrected chi connectivity index (χ4v) is 3.01. The number of aryl methyl sites for hydroxylation is 2. The van der Waals surface area contributed by atoms with E-state index < -0.39 is 24.0 Å². The van der Waals surface area contributed by atoms with E-state index in [1.54, 1.807) is 32.0 Å². The van der Waals surface area contributed by atoms with Crippen molar-refractivity contribution in [2.24, 2.45) is 0 Å². The quantitative estimate of drug-likeness (QED) is 0.358. The first-order chi connectivity index (χ1) is 13.2. The van der Waals surface area contributed by atoms with Crippen molar-refractivity contribution in [2.75, 3.05) is 13.1 Å². The number of benzene rings is 2. The number of carboxylic acids is 2. The average Bonchev–Trinajstić information content (AvgIpc) is 2.60. The molecule has 0 aliphatic heterocycles. The molecule has 0 aliphatic carbocycles. The maximum absolute atomic E-state index is 11.6. The van der Waals surface area contributed by atoms with Crippen molar-refractivity contribution in [3.05, 3.63) is 58.7 Å². The highest BCUT2D eigenvalue weighted by molar-refractivity contribution is 5.77. The fraction of sp³-hybridized carbons (Fsp3) is 0.300. The molecule has 0 fully saturated rings. The summed E-state index contributed by atoms with van der Waals surface area (Å²) < 4.78 is 0. The summed E-state index contributed by atoms with van der Waals surface area (Å²) in [5.41, 5.74) is 1.92. The van der Waals surface area contributed by atoms with Crippen LogP contribution in [-0.2, 0) is 9.59 Å². The minimum atomic E-state index is -1.16. The molecule has 2 aromatic rings. The molecule has 8 heteroatoms. The molecule has 0 aliphatic rings. The highest BCUT2D eigenvalue weighted by Gasteiger charge is 2.25. The Labute approximate surface area is 162 Å². The summed E-state index contributed by atoms with van der Waals surface area (Å²) in [4.78, 5) is 23.2. The molecule has 0 saturated carbocycles. The van der Waals surface area contributed by atoms with Crippen LogP contribution in [0.25, 0.3) is 0 Å². The summed E-state index contributed by atoms with van der Waals surface area (Å²) in [5.74, 6) is -2.57. The summed E-state index contributed by atoms with van der Waals surface area (Å²) in [7, 11) is 0. The van der Waals surface area contributed by atoms with Crippen LogP contribution in [0.15, 0.2) is 36.4 Å². The van der Waals surface area contributed by atoms with Crippen LogP contribution >= 0.6 is 0 Å². The maximum Gasteiger partial charge on any atom is 0.325 e. The number of aliphatic carboxylic acids is 2. The van der Waals surface area contributed by atoms with Crippen molar-refractivity contribution in [1.29, 1.82) is 0 Å². The summed E-state index contributed by atoms with van der Waals surface area (Å²) in [5, 5.41) is 44.6. The Morgan fingerprint density at radius 2 is 1.50 bits per heavy atom. The van der Waals surface area contributed by atoms with Gasteiger partial charge in [-0.25, -0.2) is 0 Å². The minimum Gasteiger partial charge on any atom is -0.508 e. The number of rotatable bonds is 9. The molecular formula is C20H24N2O6. The zero-order valence-electron chi connectivity index (χ0n) is 15.6. The molecular weight excluding hydrogens is 364 g/mol. The Morgan fingerprint density at radius 1 is 0.893 bits per heavy atom. The van der Waals surface area contributed by atoms with Crippen molar-refractivity contribution >= 4 is 11.9 Å². The lowest BCUT2D eigenvalue weighted by atomic mass is 10.00. The lowest BCUT2D eigenvalue weighted by molar-refractivity contribution is -0.141. The van der Waals surface area contributed by atoms with E-state index >= 15 is 0 Å². The second-order valence-corrected chi connectivity index (χ2v) is 6.52. The van der Waals surface area contributed by atoms with Crippen molar-refractivity contribution in [3.8, 4) is 11.5 Å². The molecule has 0 radical (unpaired) electrons. The van der Waals surface area contributed by atoms with E-state index in [0.29, 0.717) is 5.56 Å². The normalized spacial score (nSPS) is 13.1. The van der Waals surface area contributed by atoms with E-state index in [1.807, 2.05) is 0 Å². The Kier molecular flexibility index (Phi) is 6.97. The lowest BCUT2D eigenvalue weighted by Gasteiger charge is -2.20. The third kappa shape index (κ3) is 4.99. The van der Waals surface area contributed by atoms with Crippen LogP contribution in [0.1, 0.15) is 34.3 Å². The second-order valence-electron chi connectivity index (χ2n) is 6.52. The third-order valence-corrected chi connectivity index (χ3v) is 4.40. The van der Waals surface area contributed by atoms with Crippen LogP contribution in [0.2, 0.25) is 0 Å². The monoisotopic (exact) mass is 388 g/mol. The summed E-state index contributed by atoms with van der Waals surface area (Å²) in [6, 6.07) is 7.18. The summed E-state index contributed by atoms with van der Waals surface area (Å²) in [6.07, 6.45) is 0. The number of carboxylic acid groups (broad SMARTS) is 2. The number of nitrogens with one attached hydrogen (secondary N) is 2. The van der Waals surface area contributed by atoms with Gasteiger partial charge in [0, 0.05) is 24.2 Å². The predicted molar refractivity (Wildman–Crippen MR) is 102 cm³/mol. The van der Waals surface area contributed by atoms with Gasteiger partial charge in [0.15, 0.2) is 0 Å². The van der Waals surface area contributed by atoms with Gasteiger partial charge in [-0.1, -0.05) is 24.3 Å². The molecule has 28 heavy (non-hydrogen) atoms. The highest BCUT2D eigenvalue weighted by atomic mass is 16.4. The highest BCUT2D eigenvalue weighted by Crippen LogP contribution is 2.28. The van der Waals surface area contributed by atoms with Gasteiger partial charge in [0.1, 0.15) is 23.6 Å². The Hall–Kier alpha value is -3.10. The van der Waals surface area contributed by atoms with Crippen molar-refractivity contribution in [2.45, 2.75) is 25.9 Å². The first-order valence-electron chi connectivity index (χ1n) is 8.72. The molecule has 0 spiro atoms. The molecule has 2 aromatic carbocycles. The van der Waals surface area contributed by atoms with Gasteiger partial charge < -0.3 is 20.4 Å². The molecule has 2 unspecified atom stereocenters. The molecule has 2 rings (SSSR count). The molecule has 6 N–H and O–H groups in total. The van der Waals surface area contributed by atoms with Crippen LogP contribution in [-0.4, -0.2) is 45.5 Å². The number of carbonyl (C=O) groups is 2. The topological polar surface area (TPSA) is 139 Å². The summed E-state index contributed by atoms with van der Waals surface area (Å²) in [6.45, 7) is 3.73. The van der Waals surface area contributed by atoms with E-state index in [9.17, 15) is 30.0 Å². The standard InChI is InChI=1S/C20H24N2O6/c1-11-6-7-13(15(24)10-11)17(19(25)26)21-8-9-22-18(20(27)28)16-12(2)4-3-5-14(16)23/h3-7,10,17-18,21-24H,8-9H2,1-2H3,(H,25,26)(H,27,28). The molecule has 0 heterocycles. The van der Waals surface area contributed by atoms with Gasteiger partial charge >= 0.3 is 11.9 Å². The molecule has 0 amide bonds. The SMILES string of the molecule is Cc1ccc(C(NCCNC(C(=O)O)c2c(C)cccc2O)C(=O)O)c(O)c1. The molecule has 0 aromatic heterocycles. The number of phenols is 2. The van der Waals surface area contributed by atoms with Gasteiger partial charge in [0.05, 0.1) is 0 Å². The fourth-order valence-electron chi connectivity index (χ4n) is 3.01. The van der Waals surface area contributed by atoms with Crippen LogP contribution in [0, 0.1) is 13.8 Å². The number of hydrogen-bond acceptors (Lipinski definition) is 6. The maximum atomic E-state index is 11.6. The van der Waals surface area contributed by atoms with E-state index in [1.165, 1.54) is 18.2 Å². The Bertz CT molecular complexity index is 848.